The molecule has 0 bridgehead atoms. The van der Waals surface area contributed by atoms with Crippen molar-refractivity contribution in [3.8, 4) is 0 Å². The van der Waals surface area contributed by atoms with Crippen LogP contribution < -0.4 is 16.2 Å². The minimum absolute atomic E-state index is 0.535. The summed E-state index contributed by atoms with van der Waals surface area (Å²) in [6.45, 7) is 3.85. The Hall–Kier alpha value is 0.580. The van der Waals surface area contributed by atoms with Gasteiger partial charge in [-0.2, -0.15) is 12.6 Å². The van der Waals surface area contributed by atoms with Crippen molar-refractivity contribution in [3.05, 3.63) is 0 Å². The highest BCUT2D eigenvalue weighted by Crippen LogP contribution is 1.95. The van der Waals surface area contributed by atoms with Crippen molar-refractivity contribution in [2.24, 2.45) is 10.9 Å². The Morgan fingerprint density at radius 1 is 1.58 bits per heavy atom. The summed E-state index contributed by atoms with van der Waals surface area (Å²) in [7, 11) is 1.95. The number of rotatable bonds is 5. The van der Waals surface area contributed by atoms with Gasteiger partial charge in [0.2, 0.25) is 0 Å². The Balaban J connectivity index is 0. The van der Waals surface area contributed by atoms with Crippen molar-refractivity contribution in [3.63, 3.8) is 0 Å². The molecule has 76 valence electrons. The molecule has 0 aliphatic heterocycles. The third-order valence-corrected chi connectivity index (χ3v) is 1.78. The molecule has 0 aromatic heterocycles. The van der Waals surface area contributed by atoms with Crippen LogP contribution in [-0.2, 0) is 0 Å². The molecule has 0 radical (unpaired) electrons. The van der Waals surface area contributed by atoms with E-state index in [1.807, 2.05) is 7.05 Å². The second-order valence-electron chi connectivity index (χ2n) is 2.40. The minimum Gasteiger partial charge on any atom is -0.330 e. The average Bonchev–Trinajstić information content (AvgIpc) is 2.03. The zero-order valence-electron chi connectivity index (χ0n) is 7.92. The molecule has 0 aromatic rings. The van der Waals surface area contributed by atoms with Gasteiger partial charge in [0.05, 0.1) is 0 Å². The van der Waals surface area contributed by atoms with E-state index >= 15 is 0 Å². The number of hydrogen-bond donors (Lipinski definition) is 4. The molecule has 0 saturated carbocycles. The molecule has 12 heavy (non-hydrogen) atoms. The van der Waals surface area contributed by atoms with Gasteiger partial charge < -0.3 is 11.1 Å². The molecule has 0 aliphatic carbocycles. The Bertz CT molecular complexity index is 69.7. The van der Waals surface area contributed by atoms with E-state index in [2.05, 4.69) is 24.9 Å². The van der Waals surface area contributed by atoms with E-state index in [9.17, 15) is 0 Å². The van der Waals surface area contributed by atoms with Gasteiger partial charge >= 0.3 is 0 Å². The van der Waals surface area contributed by atoms with Crippen LogP contribution in [0.25, 0.3) is 0 Å². The molecule has 5 heteroatoms. The Kier molecular flexibility index (Phi) is 17.7. The third kappa shape index (κ3) is 22.4. The molecule has 0 saturated heterocycles. The summed E-state index contributed by atoms with van der Waals surface area (Å²) < 4.78 is 0. The van der Waals surface area contributed by atoms with Crippen molar-refractivity contribution in [2.75, 3.05) is 25.9 Å². The lowest BCUT2D eigenvalue weighted by molar-refractivity contribution is 0.723. The monoisotopic (exact) mass is 211 g/mol. The van der Waals surface area contributed by atoms with Gasteiger partial charge in [0.1, 0.15) is 0 Å². The normalized spacial score (nSPS) is 11.8. The lowest BCUT2D eigenvalue weighted by atomic mass is 10.3. The first-order valence-electron chi connectivity index (χ1n) is 4.03. The van der Waals surface area contributed by atoms with Gasteiger partial charge in [0, 0.05) is 17.5 Å². The summed E-state index contributed by atoms with van der Waals surface area (Å²) in [6.07, 6.45) is 1.15. The van der Waals surface area contributed by atoms with Gasteiger partial charge in [-0.1, -0.05) is 18.9 Å². The second-order valence-corrected chi connectivity index (χ2v) is 4.02. The first-order valence-corrected chi connectivity index (χ1v) is 5.60. The number of nitrogens with one attached hydrogen (secondary N) is 1. The average molecular weight is 211 g/mol. The number of nitrogens with two attached hydrogens (primary N) is 2. The van der Waals surface area contributed by atoms with Crippen LogP contribution >= 0.6 is 24.6 Å². The van der Waals surface area contributed by atoms with Gasteiger partial charge in [-0.15, -0.1) is 0 Å². The van der Waals surface area contributed by atoms with E-state index in [-0.39, 0.29) is 0 Å². The maximum absolute atomic E-state index is 5.04. The zero-order valence-corrected chi connectivity index (χ0v) is 9.63. The SMILES string of the molecule is CNCCC(C)S.NCCSN. The molecular weight excluding hydrogens is 190 g/mol. The quantitative estimate of drug-likeness (QED) is 0.394. The van der Waals surface area contributed by atoms with Crippen LogP contribution in [0, 0.1) is 0 Å². The smallest absolute Gasteiger partial charge is 0.0200 e. The molecule has 1 atom stereocenters. The van der Waals surface area contributed by atoms with Gasteiger partial charge in [0.15, 0.2) is 0 Å². The third-order valence-electron chi connectivity index (χ3n) is 1.05. The first-order chi connectivity index (χ1) is 5.68. The highest BCUT2D eigenvalue weighted by atomic mass is 32.2. The van der Waals surface area contributed by atoms with Gasteiger partial charge in [0.25, 0.3) is 0 Å². The molecule has 0 aromatic carbocycles. The molecule has 0 spiro atoms. The summed E-state index contributed by atoms with van der Waals surface area (Å²) >= 11 is 5.47. The van der Waals surface area contributed by atoms with Crippen LogP contribution in [0.5, 0.6) is 0 Å². The highest BCUT2D eigenvalue weighted by Gasteiger charge is 1.89. The molecule has 0 aliphatic rings. The molecule has 3 nitrogen and oxygen atoms in total. The van der Waals surface area contributed by atoms with Gasteiger partial charge in [-0.05, 0) is 20.0 Å². The molecule has 0 heterocycles. The van der Waals surface area contributed by atoms with E-state index in [1.54, 1.807) is 0 Å². The van der Waals surface area contributed by atoms with Crippen molar-refractivity contribution in [2.45, 2.75) is 18.6 Å². The van der Waals surface area contributed by atoms with Gasteiger partial charge in [-0.3, -0.25) is 5.14 Å². The Labute approximate surface area is 85.6 Å². The fraction of sp³-hybridized carbons (Fsp3) is 1.00. The number of thiol groups is 1. The maximum Gasteiger partial charge on any atom is 0.0200 e. The zero-order chi connectivity index (χ0) is 9.82. The van der Waals surface area contributed by atoms with Crippen LogP contribution in [-0.4, -0.2) is 31.1 Å². The second kappa shape index (κ2) is 14.1. The van der Waals surface area contributed by atoms with E-state index in [4.69, 9.17) is 10.9 Å². The summed E-state index contributed by atoms with van der Waals surface area (Å²) in [6, 6.07) is 0. The molecular formula is C7H21N3S2. The fourth-order valence-electron chi connectivity index (χ4n) is 0.421. The van der Waals surface area contributed by atoms with E-state index in [0.29, 0.717) is 11.8 Å². The summed E-state index contributed by atoms with van der Waals surface area (Å²) in [5.74, 6) is 0.861. The predicted molar refractivity (Wildman–Crippen MR) is 62.7 cm³/mol. The van der Waals surface area contributed by atoms with E-state index in [0.717, 1.165) is 18.7 Å². The molecule has 5 N–H and O–H groups in total. The summed E-state index contributed by atoms with van der Waals surface area (Å²) in [5, 5.41) is 8.56. The van der Waals surface area contributed by atoms with Crippen LogP contribution in [0.15, 0.2) is 0 Å². The van der Waals surface area contributed by atoms with Crippen LogP contribution in [0.4, 0.5) is 0 Å². The van der Waals surface area contributed by atoms with Crippen LogP contribution in [0.1, 0.15) is 13.3 Å². The standard InChI is InChI=1S/C5H13NS.C2H8N2S/c1-5(7)3-4-6-2;3-1-2-5-4/h5-7H,3-4H2,1-2H3;1-4H2. The van der Waals surface area contributed by atoms with Crippen LogP contribution in [0.3, 0.4) is 0 Å². The maximum atomic E-state index is 5.04. The van der Waals surface area contributed by atoms with Crippen molar-refractivity contribution in [1.29, 1.82) is 0 Å². The Morgan fingerprint density at radius 3 is 2.25 bits per heavy atom. The molecule has 1 unspecified atom stereocenters. The summed E-state index contributed by atoms with van der Waals surface area (Å²) in [5.41, 5.74) is 5.04. The molecule has 0 rings (SSSR count). The fourth-order valence-corrected chi connectivity index (χ4v) is 0.686. The first kappa shape index (κ1) is 15.1. The largest absolute Gasteiger partial charge is 0.330 e. The van der Waals surface area contributed by atoms with Crippen molar-refractivity contribution in [1.82, 2.24) is 5.32 Å². The highest BCUT2D eigenvalue weighted by molar-refractivity contribution is 7.97. The minimum atomic E-state index is 0.535. The van der Waals surface area contributed by atoms with Crippen molar-refractivity contribution < 1.29 is 0 Å². The lowest BCUT2D eigenvalue weighted by Crippen LogP contribution is -2.10. The summed E-state index contributed by atoms with van der Waals surface area (Å²) in [4.78, 5) is 0. The Morgan fingerprint density at radius 2 is 2.17 bits per heavy atom. The molecule has 0 fully saturated rings. The van der Waals surface area contributed by atoms with E-state index < -0.39 is 0 Å². The van der Waals surface area contributed by atoms with Crippen LogP contribution in [0.2, 0.25) is 0 Å². The van der Waals surface area contributed by atoms with E-state index in [1.165, 1.54) is 11.9 Å². The lowest BCUT2D eigenvalue weighted by Gasteiger charge is -1.99. The molecule has 0 amide bonds. The van der Waals surface area contributed by atoms with Crippen molar-refractivity contribution >= 4 is 24.6 Å². The van der Waals surface area contributed by atoms with Gasteiger partial charge in [-0.25, -0.2) is 0 Å². The number of hydrogen-bond acceptors (Lipinski definition) is 5. The topological polar surface area (TPSA) is 64.1 Å². The predicted octanol–water partition coefficient (Wildman–Crippen LogP) is 0.466.